The van der Waals surface area contributed by atoms with Gasteiger partial charge in [-0.1, -0.05) is 43.0 Å². The van der Waals surface area contributed by atoms with Gasteiger partial charge in [0.15, 0.2) is 0 Å². The van der Waals surface area contributed by atoms with Gasteiger partial charge in [-0.2, -0.15) is 0 Å². The number of para-hydroxylation sites is 2. The molecule has 2 heteroatoms. The minimum Gasteiger partial charge on any atom is -0.497 e. The van der Waals surface area contributed by atoms with Crippen molar-refractivity contribution in [3.63, 3.8) is 0 Å². The Morgan fingerprint density at radius 3 is 2.76 bits per heavy atom. The van der Waals surface area contributed by atoms with Gasteiger partial charge in [0.25, 0.3) is 0 Å². The van der Waals surface area contributed by atoms with Crippen LogP contribution in [0.2, 0.25) is 0 Å². The van der Waals surface area contributed by atoms with Gasteiger partial charge in [-0.3, -0.25) is 0 Å². The zero-order chi connectivity index (χ0) is 11.7. The van der Waals surface area contributed by atoms with Gasteiger partial charge in [0, 0.05) is 21.9 Å². The Labute approximate surface area is 99.5 Å². The van der Waals surface area contributed by atoms with Crippen molar-refractivity contribution in [1.82, 2.24) is 4.98 Å². The van der Waals surface area contributed by atoms with Crippen molar-refractivity contribution in [3.05, 3.63) is 60.9 Å². The monoisotopic (exact) mass is 223 g/mol. The smallest absolute Gasteiger partial charge is 0.114 e. The molecule has 0 saturated carbocycles. The molecule has 1 aromatic heterocycles. The highest BCUT2D eigenvalue weighted by molar-refractivity contribution is 6.08. The number of nitrogens with one attached hydrogen (secondary N) is 1. The summed E-state index contributed by atoms with van der Waals surface area (Å²) in [4.78, 5) is 3.44. The standard InChI is InChI=1S/C15H13NO/c1-2-17-10-11-6-5-8-13-12-7-3-4-9-14(12)16-15(11)13/h2-9,16H,1,10H2. The van der Waals surface area contributed by atoms with E-state index in [0.29, 0.717) is 6.61 Å². The van der Waals surface area contributed by atoms with Crippen molar-refractivity contribution in [2.75, 3.05) is 0 Å². The summed E-state index contributed by atoms with van der Waals surface area (Å²) < 4.78 is 5.27. The van der Waals surface area contributed by atoms with Gasteiger partial charge < -0.3 is 9.72 Å². The Morgan fingerprint density at radius 1 is 1.06 bits per heavy atom. The van der Waals surface area contributed by atoms with E-state index in [0.717, 1.165) is 16.6 Å². The average Bonchev–Trinajstić information content (AvgIpc) is 2.75. The number of benzene rings is 2. The molecule has 0 radical (unpaired) electrons. The van der Waals surface area contributed by atoms with Crippen LogP contribution in [-0.2, 0) is 11.3 Å². The maximum atomic E-state index is 5.27. The van der Waals surface area contributed by atoms with Crippen molar-refractivity contribution in [2.24, 2.45) is 0 Å². The lowest BCUT2D eigenvalue weighted by Gasteiger charge is -2.02. The van der Waals surface area contributed by atoms with Crippen molar-refractivity contribution < 1.29 is 4.74 Å². The molecular formula is C15H13NO. The topological polar surface area (TPSA) is 25.0 Å². The lowest BCUT2D eigenvalue weighted by molar-refractivity contribution is 0.239. The largest absolute Gasteiger partial charge is 0.497 e. The van der Waals surface area contributed by atoms with E-state index in [1.165, 1.54) is 17.0 Å². The third-order valence-corrected chi connectivity index (χ3v) is 2.98. The van der Waals surface area contributed by atoms with Gasteiger partial charge in [0.1, 0.15) is 6.61 Å². The molecule has 2 aromatic carbocycles. The van der Waals surface area contributed by atoms with Crippen LogP contribution in [0, 0.1) is 0 Å². The third-order valence-electron chi connectivity index (χ3n) is 2.98. The number of fused-ring (bicyclic) bond motifs is 3. The highest BCUT2D eigenvalue weighted by Gasteiger charge is 2.06. The molecule has 0 aliphatic heterocycles. The summed E-state index contributed by atoms with van der Waals surface area (Å²) in [5.74, 6) is 0. The fraction of sp³-hybridized carbons (Fsp3) is 0.0667. The van der Waals surface area contributed by atoms with Crippen molar-refractivity contribution in [1.29, 1.82) is 0 Å². The first-order valence-electron chi connectivity index (χ1n) is 5.61. The number of hydrogen-bond acceptors (Lipinski definition) is 1. The van der Waals surface area contributed by atoms with Gasteiger partial charge in [-0.15, -0.1) is 0 Å². The summed E-state index contributed by atoms with van der Waals surface area (Å²) >= 11 is 0. The molecule has 17 heavy (non-hydrogen) atoms. The van der Waals surface area contributed by atoms with Gasteiger partial charge in [0.2, 0.25) is 0 Å². The van der Waals surface area contributed by atoms with E-state index in [4.69, 9.17) is 4.74 Å². The number of ether oxygens (including phenoxy) is 1. The first kappa shape index (κ1) is 9.97. The number of rotatable bonds is 3. The highest BCUT2D eigenvalue weighted by Crippen LogP contribution is 2.27. The summed E-state index contributed by atoms with van der Waals surface area (Å²) in [6.45, 7) is 4.12. The van der Waals surface area contributed by atoms with Crippen molar-refractivity contribution >= 4 is 21.8 Å². The Morgan fingerprint density at radius 2 is 1.88 bits per heavy atom. The number of H-pyrrole nitrogens is 1. The van der Waals surface area contributed by atoms with Gasteiger partial charge in [-0.05, 0) is 6.07 Å². The zero-order valence-corrected chi connectivity index (χ0v) is 9.44. The molecule has 0 atom stereocenters. The van der Waals surface area contributed by atoms with Gasteiger partial charge in [0.05, 0.1) is 11.8 Å². The van der Waals surface area contributed by atoms with Crippen LogP contribution in [0.1, 0.15) is 5.56 Å². The van der Waals surface area contributed by atoms with E-state index in [-0.39, 0.29) is 0 Å². The molecule has 0 unspecified atom stereocenters. The van der Waals surface area contributed by atoms with Crippen LogP contribution in [0.4, 0.5) is 0 Å². The van der Waals surface area contributed by atoms with E-state index in [1.807, 2.05) is 6.07 Å². The third kappa shape index (κ3) is 1.58. The molecule has 2 nitrogen and oxygen atoms in total. The summed E-state index contributed by atoms with van der Waals surface area (Å²) in [5, 5.41) is 2.49. The van der Waals surface area contributed by atoms with Crippen LogP contribution in [0.3, 0.4) is 0 Å². The first-order chi connectivity index (χ1) is 8.40. The molecule has 0 bridgehead atoms. The fourth-order valence-corrected chi connectivity index (χ4v) is 2.20. The maximum absolute atomic E-state index is 5.27. The lowest BCUT2D eigenvalue weighted by atomic mass is 10.1. The molecule has 84 valence electrons. The van der Waals surface area contributed by atoms with E-state index >= 15 is 0 Å². The molecule has 1 N–H and O–H groups in total. The van der Waals surface area contributed by atoms with E-state index < -0.39 is 0 Å². The SMILES string of the molecule is C=COCc1cccc2c1[nH]c1ccccc12. The summed E-state index contributed by atoms with van der Waals surface area (Å²) in [6.07, 6.45) is 1.47. The Bertz CT molecular complexity index is 682. The number of aromatic amines is 1. The number of hydrogen-bond donors (Lipinski definition) is 1. The Hall–Kier alpha value is -2.22. The van der Waals surface area contributed by atoms with Crippen molar-refractivity contribution in [3.8, 4) is 0 Å². The zero-order valence-electron chi connectivity index (χ0n) is 9.44. The molecule has 3 aromatic rings. The molecule has 3 rings (SSSR count). The second-order valence-corrected chi connectivity index (χ2v) is 3.99. The maximum Gasteiger partial charge on any atom is 0.114 e. The molecule has 0 aliphatic carbocycles. The second kappa shape index (κ2) is 3.98. The van der Waals surface area contributed by atoms with E-state index in [2.05, 4.69) is 48.0 Å². The first-order valence-corrected chi connectivity index (χ1v) is 5.61. The lowest BCUT2D eigenvalue weighted by Crippen LogP contribution is -1.87. The van der Waals surface area contributed by atoms with Crippen LogP contribution in [0.5, 0.6) is 0 Å². The van der Waals surface area contributed by atoms with E-state index in [9.17, 15) is 0 Å². The predicted octanol–water partition coefficient (Wildman–Crippen LogP) is 3.98. The van der Waals surface area contributed by atoms with Gasteiger partial charge >= 0.3 is 0 Å². The molecule has 0 spiro atoms. The molecule has 0 fully saturated rings. The predicted molar refractivity (Wildman–Crippen MR) is 70.8 cm³/mol. The van der Waals surface area contributed by atoms with Crippen LogP contribution >= 0.6 is 0 Å². The van der Waals surface area contributed by atoms with E-state index in [1.54, 1.807) is 0 Å². The quantitative estimate of drug-likeness (QED) is 0.667. The molecule has 0 aliphatic rings. The Kier molecular flexibility index (Phi) is 2.33. The minimum absolute atomic E-state index is 0.549. The van der Waals surface area contributed by atoms with Crippen LogP contribution in [-0.4, -0.2) is 4.98 Å². The number of aromatic nitrogens is 1. The van der Waals surface area contributed by atoms with Crippen LogP contribution in [0.15, 0.2) is 55.3 Å². The molecule has 0 amide bonds. The van der Waals surface area contributed by atoms with Gasteiger partial charge in [-0.25, -0.2) is 0 Å². The Balaban J connectivity index is 2.27. The van der Waals surface area contributed by atoms with Crippen molar-refractivity contribution in [2.45, 2.75) is 6.61 Å². The van der Waals surface area contributed by atoms with Crippen LogP contribution < -0.4 is 0 Å². The van der Waals surface area contributed by atoms with Crippen LogP contribution in [0.25, 0.3) is 21.8 Å². The normalized spacial score (nSPS) is 10.8. The summed E-state index contributed by atoms with van der Waals surface area (Å²) in [5.41, 5.74) is 3.46. The molecular weight excluding hydrogens is 210 g/mol. The highest BCUT2D eigenvalue weighted by atomic mass is 16.5. The molecule has 1 heterocycles. The second-order valence-electron chi connectivity index (χ2n) is 3.99. The average molecular weight is 223 g/mol. The summed E-state index contributed by atoms with van der Waals surface area (Å²) in [6, 6.07) is 14.6. The fourth-order valence-electron chi connectivity index (χ4n) is 2.20. The molecule has 0 saturated heterocycles. The minimum atomic E-state index is 0.549. The summed E-state index contributed by atoms with van der Waals surface area (Å²) in [7, 11) is 0.